The molecule has 0 radical (unpaired) electrons. The maximum absolute atomic E-state index is 6.06. The number of fused-ring (bicyclic) bond motifs is 2. The fraction of sp³-hybridized carbons (Fsp3) is 0.174. The molecule has 0 atom stereocenters. The van der Waals surface area contributed by atoms with E-state index in [4.69, 9.17) is 14.4 Å². The van der Waals surface area contributed by atoms with Gasteiger partial charge in [-0.15, -0.1) is 0 Å². The summed E-state index contributed by atoms with van der Waals surface area (Å²) in [5, 5.41) is 7.92. The second-order valence-corrected chi connectivity index (χ2v) is 8.07. The predicted molar refractivity (Wildman–Crippen MR) is 115 cm³/mol. The van der Waals surface area contributed by atoms with Gasteiger partial charge in [-0.1, -0.05) is 18.2 Å². The van der Waals surface area contributed by atoms with Crippen molar-refractivity contribution >= 4 is 22.4 Å². The van der Waals surface area contributed by atoms with E-state index in [2.05, 4.69) is 37.3 Å². The second-order valence-electron chi connectivity index (χ2n) is 8.07. The van der Waals surface area contributed by atoms with Crippen LogP contribution in [0, 0.1) is 0 Å². The van der Waals surface area contributed by atoms with E-state index >= 15 is 0 Å². The minimum absolute atomic E-state index is 0.153. The lowest BCUT2D eigenvalue weighted by Crippen LogP contribution is -2.27. The molecule has 0 saturated carbocycles. The normalized spacial score (nSPS) is 12.0. The van der Waals surface area contributed by atoms with Crippen LogP contribution in [0.15, 0.2) is 71.5 Å². The molecule has 0 aliphatic heterocycles. The van der Waals surface area contributed by atoms with Crippen molar-refractivity contribution in [2.75, 3.05) is 5.32 Å². The van der Waals surface area contributed by atoms with Crippen molar-refractivity contribution in [3.05, 3.63) is 67.1 Å². The first-order chi connectivity index (χ1) is 14.0. The molecule has 6 nitrogen and oxygen atoms in total. The number of aromatic nitrogens is 4. The van der Waals surface area contributed by atoms with Crippen molar-refractivity contribution in [3.8, 4) is 22.6 Å². The van der Waals surface area contributed by atoms with E-state index in [-0.39, 0.29) is 5.54 Å². The van der Waals surface area contributed by atoms with Crippen molar-refractivity contribution in [3.63, 3.8) is 0 Å². The summed E-state index contributed by atoms with van der Waals surface area (Å²) in [6.45, 7) is 6.30. The van der Waals surface area contributed by atoms with Crippen molar-refractivity contribution in [2.45, 2.75) is 26.3 Å². The summed E-state index contributed by atoms with van der Waals surface area (Å²) in [6.07, 6.45) is 5.66. The third-order valence-electron chi connectivity index (χ3n) is 4.64. The third kappa shape index (κ3) is 3.23. The van der Waals surface area contributed by atoms with Gasteiger partial charge in [0.15, 0.2) is 5.58 Å². The summed E-state index contributed by atoms with van der Waals surface area (Å²) in [7, 11) is 0. The lowest BCUT2D eigenvalue weighted by atomic mass is 10.0. The van der Waals surface area contributed by atoms with Crippen LogP contribution in [0.4, 0.5) is 5.82 Å². The second kappa shape index (κ2) is 6.44. The standard InChI is InChI=1S/C23H21N5O/c1-23(2,3)27-21-16(22-26-18-8-4-5-10-20(18)29-22)12-15(13-24-21)17-14-25-28-11-7-6-9-19(17)28/h4-14H,1-3H3,(H,24,27). The van der Waals surface area contributed by atoms with Crippen LogP contribution in [0.1, 0.15) is 20.8 Å². The highest BCUT2D eigenvalue weighted by molar-refractivity contribution is 5.85. The Morgan fingerprint density at radius 3 is 2.62 bits per heavy atom. The van der Waals surface area contributed by atoms with E-state index in [1.165, 1.54) is 0 Å². The van der Waals surface area contributed by atoms with Gasteiger partial charge in [-0.3, -0.25) is 0 Å². The topological polar surface area (TPSA) is 68.2 Å². The van der Waals surface area contributed by atoms with Gasteiger partial charge in [0.25, 0.3) is 0 Å². The van der Waals surface area contributed by atoms with Gasteiger partial charge in [0, 0.05) is 29.1 Å². The molecule has 0 amide bonds. The lowest BCUT2D eigenvalue weighted by molar-refractivity contribution is 0.614. The average molecular weight is 383 g/mol. The Labute approximate surface area is 168 Å². The van der Waals surface area contributed by atoms with Crippen LogP contribution in [0.3, 0.4) is 0 Å². The van der Waals surface area contributed by atoms with E-state index in [1.54, 1.807) is 0 Å². The molecule has 6 heteroatoms. The van der Waals surface area contributed by atoms with Crippen LogP contribution in [0.25, 0.3) is 39.2 Å². The number of pyridine rings is 2. The Morgan fingerprint density at radius 2 is 1.79 bits per heavy atom. The Bertz CT molecular complexity index is 1290. The Hall–Kier alpha value is -3.67. The van der Waals surface area contributed by atoms with E-state index in [0.29, 0.717) is 5.89 Å². The number of hydrogen-bond donors (Lipinski definition) is 1. The largest absolute Gasteiger partial charge is 0.436 e. The summed E-state index contributed by atoms with van der Waals surface area (Å²) >= 11 is 0. The average Bonchev–Trinajstić information content (AvgIpc) is 3.31. The number of oxazole rings is 1. The summed E-state index contributed by atoms with van der Waals surface area (Å²) in [6, 6.07) is 15.8. The summed E-state index contributed by atoms with van der Waals surface area (Å²) in [5.41, 5.74) is 5.25. The van der Waals surface area contributed by atoms with E-state index in [9.17, 15) is 0 Å². The van der Waals surface area contributed by atoms with Crippen molar-refractivity contribution < 1.29 is 4.42 Å². The number of anilines is 1. The summed E-state index contributed by atoms with van der Waals surface area (Å²) < 4.78 is 7.91. The molecular formula is C23H21N5O. The van der Waals surface area contributed by atoms with Crippen LogP contribution in [0.2, 0.25) is 0 Å². The quantitative estimate of drug-likeness (QED) is 0.451. The molecule has 0 aliphatic carbocycles. The summed E-state index contributed by atoms with van der Waals surface area (Å²) in [5.74, 6) is 1.29. The minimum atomic E-state index is -0.153. The maximum Gasteiger partial charge on any atom is 0.231 e. The molecule has 0 fully saturated rings. The molecule has 29 heavy (non-hydrogen) atoms. The smallest absolute Gasteiger partial charge is 0.231 e. The van der Waals surface area contributed by atoms with Gasteiger partial charge in [-0.25, -0.2) is 14.5 Å². The highest BCUT2D eigenvalue weighted by Gasteiger charge is 2.20. The maximum atomic E-state index is 6.06. The molecule has 4 aromatic heterocycles. The Morgan fingerprint density at radius 1 is 0.966 bits per heavy atom. The van der Waals surface area contributed by atoms with Crippen LogP contribution in [-0.4, -0.2) is 25.1 Å². The molecule has 1 aromatic carbocycles. The monoisotopic (exact) mass is 383 g/mol. The minimum Gasteiger partial charge on any atom is -0.436 e. The zero-order chi connectivity index (χ0) is 20.0. The van der Waals surface area contributed by atoms with Gasteiger partial charge in [0.1, 0.15) is 11.3 Å². The fourth-order valence-corrected chi connectivity index (χ4v) is 3.37. The van der Waals surface area contributed by atoms with Crippen molar-refractivity contribution in [1.82, 2.24) is 19.6 Å². The Balaban J connectivity index is 1.70. The number of nitrogens with one attached hydrogen (secondary N) is 1. The number of hydrogen-bond acceptors (Lipinski definition) is 5. The van der Waals surface area contributed by atoms with Gasteiger partial charge in [0.05, 0.1) is 17.3 Å². The zero-order valence-corrected chi connectivity index (χ0v) is 16.5. The molecule has 5 aromatic rings. The van der Waals surface area contributed by atoms with Gasteiger partial charge < -0.3 is 9.73 Å². The molecule has 0 bridgehead atoms. The van der Waals surface area contributed by atoms with Crippen LogP contribution in [0.5, 0.6) is 0 Å². The molecule has 5 rings (SSSR count). The van der Waals surface area contributed by atoms with Crippen molar-refractivity contribution in [2.24, 2.45) is 0 Å². The molecule has 144 valence electrons. The lowest BCUT2D eigenvalue weighted by Gasteiger charge is -2.22. The molecule has 4 heterocycles. The van der Waals surface area contributed by atoms with Crippen LogP contribution >= 0.6 is 0 Å². The van der Waals surface area contributed by atoms with Gasteiger partial charge in [-0.2, -0.15) is 5.10 Å². The van der Waals surface area contributed by atoms with Crippen molar-refractivity contribution in [1.29, 1.82) is 0 Å². The van der Waals surface area contributed by atoms with E-state index < -0.39 is 0 Å². The highest BCUT2D eigenvalue weighted by Crippen LogP contribution is 2.34. The number of para-hydroxylation sites is 2. The number of nitrogens with zero attached hydrogens (tertiary/aromatic N) is 4. The molecule has 0 spiro atoms. The van der Waals surface area contributed by atoms with Gasteiger partial charge >= 0.3 is 0 Å². The number of rotatable bonds is 3. The SMILES string of the molecule is CC(C)(C)Nc1ncc(-c2cnn3ccccc23)cc1-c1nc2ccccc2o1. The number of benzene rings is 1. The molecule has 0 aliphatic rings. The first-order valence-corrected chi connectivity index (χ1v) is 9.55. The van der Waals surface area contributed by atoms with Gasteiger partial charge in [-0.05, 0) is 51.1 Å². The molecule has 1 N–H and O–H groups in total. The van der Waals surface area contributed by atoms with Crippen LogP contribution < -0.4 is 5.32 Å². The first-order valence-electron chi connectivity index (χ1n) is 9.55. The molecular weight excluding hydrogens is 362 g/mol. The molecule has 0 unspecified atom stereocenters. The summed E-state index contributed by atoms with van der Waals surface area (Å²) in [4.78, 5) is 9.42. The van der Waals surface area contributed by atoms with Gasteiger partial charge in [0.2, 0.25) is 5.89 Å². The Kier molecular flexibility index (Phi) is 3.87. The van der Waals surface area contributed by atoms with E-state index in [0.717, 1.165) is 39.1 Å². The predicted octanol–water partition coefficient (Wildman–Crippen LogP) is 5.41. The fourth-order valence-electron chi connectivity index (χ4n) is 3.37. The first kappa shape index (κ1) is 17.4. The molecule has 0 saturated heterocycles. The zero-order valence-electron chi connectivity index (χ0n) is 16.5. The van der Waals surface area contributed by atoms with E-state index in [1.807, 2.05) is 65.6 Å². The van der Waals surface area contributed by atoms with Crippen LogP contribution in [-0.2, 0) is 0 Å². The highest BCUT2D eigenvalue weighted by atomic mass is 16.3. The third-order valence-corrected chi connectivity index (χ3v) is 4.64.